The Morgan fingerprint density at radius 3 is 3.00 bits per heavy atom. The standard InChI is InChI=1S/C14H17N3O/c1-9-4-6-16-14(11(9)8-15)17-12-5-7-18-13(12)10-2-3-10/h4,6,10,12-13H,2-3,5,7H2,1H3,(H,16,17). The molecule has 4 nitrogen and oxygen atoms in total. The van der Waals surface area contributed by atoms with E-state index in [1.54, 1.807) is 6.20 Å². The average Bonchev–Trinajstić information content (AvgIpc) is 3.11. The highest BCUT2D eigenvalue weighted by Gasteiger charge is 2.40. The van der Waals surface area contributed by atoms with Crippen molar-refractivity contribution in [2.75, 3.05) is 11.9 Å². The fraction of sp³-hybridized carbons (Fsp3) is 0.571. The molecule has 1 aliphatic heterocycles. The zero-order valence-corrected chi connectivity index (χ0v) is 10.5. The van der Waals surface area contributed by atoms with Crippen LogP contribution in [0.15, 0.2) is 12.3 Å². The van der Waals surface area contributed by atoms with Gasteiger partial charge < -0.3 is 10.1 Å². The Balaban J connectivity index is 1.80. The fourth-order valence-electron chi connectivity index (χ4n) is 2.64. The van der Waals surface area contributed by atoms with Crippen LogP contribution in [0, 0.1) is 24.2 Å². The molecule has 2 atom stereocenters. The molecular formula is C14H17N3O. The zero-order valence-electron chi connectivity index (χ0n) is 10.5. The SMILES string of the molecule is Cc1ccnc(NC2CCOC2C2CC2)c1C#N. The van der Waals surface area contributed by atoms with Gasteiger partial charge in [0.1, 0.15) is 11.9 Å². The summed E-state index contributed by atoms with van der Waals surface area (Å²) in [5.74, 6) is 1.42. The molecule has 94 valence electrons. The molecule has 0 bridgehead atoms. The van der Waals surface area contributed by atoms with Crippen molar-refractivity contribution in [3.8, 4) is 6.07 Å². The number of hydrogen-bond acceptors (Lipinski definition) is 4. The molecule has 1 aliphatic carbocycles. The molecule has 1 aromatic rings. The highest BCUT2D eigenvalue weighted by Crippen LogP contribution is 2.39. The Kier molecular flexibility index (Phi) is 2.92. The van der Waals surface area contributed by atoms with E-state index in [9.17, 15) is 5.26 Å². The molecule has 1 saturated carbocycles. The Hall–Kier alpha value is -1.60. The molecule has 2 heterocycles. The lowest BCUT2D eigenvalue weighted by Gasteiger charge is -2.20. The van der Waals surface area contributed by atoms with E-state index in [-0.39, 0.29) is 0 Å². The summed E-state index contributed by atoms with van der Waals surface area (Å²) in [6, 6.07) is 4.40. The summed E-state index contributed by atoms with van der Waals surface area (Å²) < 4.78 is 5.79. The Labute approximate surface area is 107 Å². The number of aromatic nitrogens is 1. The summed E-state index contributed by atoms with van der Waals surface area (Å²) in [6.07, 6.45) is 5.60. The summed E-state index contributed by atoms with van der Waals surface area (Å²) in [5.41, 5.74) is 1.62. The van der Waals surface area contributed by atoms with Crippen molar-refractivity contribution in [1.29, 1.82) is 5.26 Å². The van der Waals surface area contributed by atoms with E-state index in [4.69, 9.17) is 4.74 Å². The van der Waals surface area contributed by atoms with Gasteiger partial charge in [-0.1, -0.05) is 0 Å². The smallest absolute Gasteiger partial charge is 0.144 e. The van der Waals surface area contributed by atoms with Crippen LogP contribution < -0.4 is 5.32 Å². The summed E-state index contributed by atoms with van der Waals surface area (Å²) in [4.78, 5) is 4.30. The van der Waals surface area contributed by atoms with Gasteiger partial charge in [-0.2, -0.15) is 5.26 Å². The molecule has 2 aliphatic rings. The second-order valence-electron chi connectivity index (χ2n) is 5.18. The van der Waals surface area contributed by atoms with Crippen molar-refractivity contribution >= 4 is 5.82 Å². The molecule has 0 spiro atoms. The molecule has 2 fully saturated rings. The molecule has 4 heteroatoms. The highest BCUT2D eigenvalue weighted by atomic mass is 16.5. The number of anilines is 1. The predicted octanol–water partition coefficient (Wildman–Crippen LogP) is 2.24. The first-order chi connectivity index (χ1) is 8.79. The summed E-state index contributed by atoms with van der Waals surface area (Å²) in [6.45, 7) is 2.75. The van der Waals surface area contributed by atoms with Crippen LogP contribution in [-0.2, 0) is 4.74 Å². The molecule has 0 aromatic carbocycles. The van der Waals surface area contributed by atoms with Gasteiger partial charge in [0.2, 0.25) is 0 Å². The van der Waals surface area contributed by atoms with Crippen LogP contribution in [0.3, 0.4) is 0 Å². The lowest BCUT2D eigenvalue weighted by Crippen LogP contribution is -2.31. The van der Waals surface area contributed by atoms with Crippen molar-refractivity contribution in [2.45, 2.75) is 38.3 Å². The second-order valence-corrected chi connectivity index (χ2v) is 5.18. The Morgan fingerprint density at radius 2 is 2.28 bits per heavy atom. The highest BCUT2D eigenvalue weighted by molar-refractivity contribution is 5.56. The second kappa shape index (κ2) is 4.58. The van der Waals surface area contributed by atoms with Gasteiger partial charge in [0.05, 0.1) is 17.7 Å². The first-order valence-corrected chi connectivity index (χ1v) is 6.53. The molecular weight excluding hydrogens is 226 g/mol. The Morgan fingerprint density at radius 1 is 1.44 bits per heavy atom. The van der Waals surface area contributed by atoms with Crippen LogP contribution in [0.2, 0.25) is 0 Å². The van der Waals surface area contributed by atoms with Crippen molar-refractivity contribution in [1.82, 2.24) is 4.98 Å². The van der Waals surface area contributed by atoms with E-state index >= 15 is 0 Å². The van der Waals surface area contributed by atoms with E-state index in [1.807, 2.05) is 13.0 Å². The van der Waals surface area contributed by atoms with Crippen molar-refractivity contribution in [3.05, 3.63) is 23.4 Å². The number of pyridine rings is 1. The first-order valence-electron chi connectivity index (χ1n) is 6.53. The minimum Gasteiger partial charge on any atom is -0.376 e. The van der Waals surface area contributed by atoms with E-state index in [1.165, 1.54) is 12.8 Å². The van der Waals surface area contributed by atoms with Gasteiger partial charge >= 0.3 is 0 Å². The average molecular weight is 243 g/mol. The maximum absolute atomic E-state index is 9.20. The Bertz CT molecular complexity index is 490. The number of ether oxygens (including phenoxy) is 1. The number of rotatable bonds is 3. The van der Waals surface area contributed by atoms with Crippen molar-refractivity contribution in [3.63, 3.8) is 0 Å². The molecule has 18 heavy (non-hydrogen) atoms. The van der Waals surface area contributed by atoms with Gasteiger partial charge in [-0.3, -0.25) is 0 Å². The van der Waals surface area contributed by atoms with Crippen molar-refractivity contribution < 1.29 is 4.74 Å². The molecule has 2 unspecified atom stereocenters. The van der Waals surface area contributed by atoms with Crippen LogP contribution in [0.1, 0.15) is 30.4 Å². The minimum absolute atomic E-state index is 0.304. The van der Waals surface area contributed by atoms with Gasteiger partial charge in [0.25, 0.3) is 0 Å². The lowest BCUT2D eigenvalue weighted by atomic mass is 10.1. The van der Waals surface area contributed by atoms with Gasteiger partial charge in [-0.25, -0.2) is 4.98 Å². The normalized spacial score (nSPS) is 26.9. The van der Waals surface area contributed by atoms with E-state index in [0.29, 0.717) is 29.4 Å². The van der Waals surface area contributed by atoms with Crippen LogP contribution in [0.25, 0.3) is 0 Å². The maximum Gasteiger partial charge on any atom is 0.144 e. The lowest BCUT2D eigenvalue weighted by molar-refractivity contribution is 0.0898. The van der Waals surface area contributed by atoms with Crippen LogP contribution in [0.4, 0.5) is 5.82 Å². The summed E-state index contributed by atoms with van der Waals surface area (Å²) in [7, 11) is 0. The first kappa shape index (κ1) is 11.5. The van der Waals surface area contributed by atoms with Crippen molar-refractivity contribution in [2.24, 2.45) is 5.92 Å². The van der Waals surface area contributed by atoms with Crippen LogP contribution in [0.5, 0.6) is 0 Å². The van der Waals surface area contributed by atoms with Gasteiger partial charge in [-0.15, -0.1) is 0 Å². The third-order valence-electron chi connectivity index (χ3n) is 3.82. The topological polar surface area (TPSA) is 57.9 Å². The van der Waals surface area contributed by atoms with E-state index < -0.39 is 0 Å². The molecule has 0 amide bonds. The monoisotopic (exact) mass is 243 g/mol. The van der Waals surface area contributed by atoms with Crippen LogP contribution >= 0.6 is 0 Å². The third kappa shape index (κ3) is 2.06. The zero-order chi connectivity index (χ0) is 12.5. The van der Waals surface area contributed by atoms with Gasteiger partial charge in [0, 0.05) is 12.8 Å². The number of hydrogen-bond donors (Lipinski definition) is 1. The number of nitriles is 1. The maximum atomic E-state index is 9.20. The van der Waals surface area contributed by atoms with Crippen LogP contribution in [-0.4, -0.2) is 23.7 Å². The molecule has 3 rings (SSSR count). The van der Waals surface area contributed by atoms with Gasteiger partial charge in [0.15, 0.2) is 0 Å². The molecule has 1 saturated heterocycles. The largest absolute Gasteiger partial charge is 0.376 e. The fourth-order valence-corrected chi connectivity index (χ4v) is 2.64. The molecule has 1 aromatic heterocycles. The molecule has 0 radical (unpaired) electrons. The van der Waals surface area contributed by atoms with E-state index in [0.717, 1.165) is 18.6 Å². The summed E-state index contributed by atoms with van der Waals surface area (Å²) >= 11 is 0. The predicted molar refractivity (Wildman–Crippen MR) is 68.2 cm³/mol. The quantitative estimate of drug-likeness (QED) is 0.884. The summed E-state index contributed by atoms with van der Waals surface area (Å²) in [5, 5.41) is 12.6. The molecule has 1 N–H and O–H groups in total. The third-order valence-corrected chi connectivity index (χ3v) is 3.82. The number of aryl methyl sites for hydroxylation is 1. The number of nitrogens with zero attached hydrogens (tertiary/aromatic N) is 2. The number of nitrogens with one attached hydrogen (secondary N) is 1. The van der Waals surface area contributed by atoms with Gasteiger partial charge in [-0.05, 0) is 43.7 Å². The minimum atomic E-state index is 0.304. The van der Waals surface area contributed by atoms with E-state index in [2.05, 4.69) is 16.4 Å².